The molecule has 2 aromatic rings. The number of hydrogen-bond donors (Lipinski definition) is 3. The van der Waals surface area contributed by atoms with E-state index >= 15 is 0 Å². The lowest BCUT2D eigenvalue weighted by Crippen LogP contribution is -2.36. The summed E-state index contributed by atoms with van der Waals surface area (Å²) in [7, 11) is 0. The summed E-state index contributed by atoms with van der Waals surface area (Å²) in [4.78, 5) is 41.1. The number of nitro benzene ring substituents is 1. The van der Waals surface area contributed by atoms with Crippen molar-refractivity contribution in [1.29, 1.82) is 0 Å². The van der Waals surface area contributed by atoms with E-state index in [1.807, 2.05) is 22.6 Å². The summed E-state index contributed by atoms with van der Waals surface area (Å²) in [5.41, 5.74) is -1.60. The molecule has 2 atom stereocenters. The zero-order valence-corrected chi connectivity index (χ0v) is 17.6. The molecule has 1 heterocycles. The quantitative estimate of drug-likeness (QED) is 0.133. The van der Waals surface area contributed by atoms with Gasteiger partial charge in [0.25, 0.3) is 11.2 Å². The Labute approximate surface area is 183 Å². The van der Waals surface area contributed by atoms with E-state index in [1.165, 1.54) is 24.3 Å². The fourth-order valence-corrected chi connectivity index (χ4v) is 2.49. The third-order valence-electron chi connectivity index (χ3n) is 3.73. The SMILES string of the molecule is O=c1[nH]c(=O)n(OCCC(O)C(I)CO)cc1C#CCOc1ccc([N+](=O)[O-])cc1. The number of aromatic nitrogens is 2. The Kier molecular flexibility index (Phi) is 8.84. The van der Waals surface area contributed by atoms with Gasteiger partial charge >= 0.3 is 5.69 Å². The molecule has 2 rings (SSSR count). The van der Waals surface area contributed by atoms with Crippen LogP contribution in [0.4, 0.5) is 5.69 Å². The summed E-state index contributed by atoms with van der Waals surface area (Å²) in [5, 5.41) is 29.4. The van der Waals surface area contributed by atoms with Crippen LogP contribution in [0.25, 0.3) is 0 Å². The van der Waals surface area contributed by atoms with Crippen molar-refractivity contribution in [1.82, 2.24) is 9.71 Å². The molecule has 3 N–H and O–H groups in total. The van der Waals surface area contributed by atoms with Crippen molar-refractivity contribution in [3.05, 3.63) is 67.0 Å². The first kappa shape index (κ1) is 23.4. The number of ether oxygens (including phenoxy) is 1. The molecule has 1 aromatic heterocycles. The van der Waals surface area contributed by atoms with Gasteiger partial charge in [-0.2, -0.15) is 0 Å². The van der Waals surface area contributed by atoms with Crippen molar-refractivity contribution >= 4 is 28.3 Å². The highest BCUT2D eigenvalue weighted by atomic mass is 127. The zero-order valence-electron chi connectivity index (χ0n) is 15.5. The van der Waals surface area contributed by atoms with Crippen molar-refractivity contribution in [2.24, 2.45) is 0 Å². The van der Waals surface area contributed by atoms with Gasteiger partial charge in [0.1, 0.15) is 24.5 Å². The van der Waals surface area contributed by atoms with E-state index < -0.39 is 22.3 Å². The number of aliphatic hydroxyl groups is 2. The summed E-state index contributed by atoms with van der Waals surface area (Å²) in [6.45, 7) is -0.313. The van der Waals surface area contributed by atoms with Crippen molar-refractivity contribution in [2.75, 3.05) is 19.8 Å². The Morgan fingerprint density at radius 3 is 2.63 bits per heavy atom. The number of H-pyrrole nitrogens is 1. The topological polar surface area (TPSA) is 157 Å². The standard InChI is InChI=1S/C18H18IN3O8/c19-15(11-23)16(24)7-9-30-21-10-12(17(25)20-18(21)26)2-1-8-29-14-5-3-13(4-6-14)22(27)28/h3-6,10,15-16,23-24H,7-9,11H2,(H,20,25,26). The summed E-state index contributed by atoms with van der Waals surface area (Å²) in [6.07, 6.45) is 0.481. The van der Waals surface area contributed by atoms with Gasteiger partial charge < -0.3 is 19.8 Å². The molecule has 0 saturated carbocycles. The number of aliphatic hydroxyl groups excluding tert-OH is 2. The minimum atomic E-state index is -0.815. The molecule has 160 valence electrons. The van der Waals surface area contributed by atoms with Crippen LogP contribution in [0.5, 0.6) is 5.75 Å². The number of nitrogens with one attached hydrogen (secondary N) is 1. The van der Waals surface area contributed by atoms with E-state index in [0.717, 1.165) is 10.9 Å². The Bertz CT molecular complexity index is 1040. The maximum atomic E-state index is 11.9. The third-order valence-corrected chi connectivity index (χ3v) is 4.95. The molecule has 0 amide bonds. The first-order chi connectivity index (χ1) is 14.3. The number of benzene rings is 1. The number of hydrogen-bond acceptors (Lipinski definition) is 8. The zero-order chi connectivity index (χ0) is 22.1. The van der Waals surface area contributed by atoms with E-state index in [4.69, 9.17) is 14.7 Å². The minimum absolute atomic E-state index is 0.0251. The molecule has 0 spiro atoms. The van der Waals surface area contributed by atoms with E-state index in [9.17, 15) is 24.8 Å². The van der Waals surface area contributed by atoms with E-state index in [-0.39, 0.29) is 41.4 Å². The Morgan fingerprint density at radius 1 is 1.30 bits per heavy atom. The molecule has 0 aliphatic rings. The van der Waals surface area contributed by atoms with Crippen molar-refractivity contribution in [3.8, 4) is 17.6 Å². The van der Waals surface area contributed by atoms with E-state index in [2.05, 4.69) is 16.8 Å². The van der Waals surface area contributed by atoms with Crippen LogP contribution in [-0.2, 0) is 0 Å². The van der Waals surface area contributed by atoms with Crippen LogP contribution in [0.3, 0.4) is 0 Å². The highest BCUT2D eigenvalue weighted by Gasteiger charge is 2.15. The van der Waals surface area contributed by atoms with Crippen LogP contribution in [-0.4, -0.2) is 54.7 Å². The second-order valence-electron chi connectivity index (χ2n) is 5.86. The molecule has 0 aliphatic carbocycles. The highest BCUT2D eigenvalue weighted by Crippen LogP contribution is 2.16. The van der Waals surface area contributed by atoms with Crippen molar-refractivity contribution < 1.29 is 24.7 Å². The van der Waals surface area contributed by atoms with E-state index in [1.54, 1.807) is 0 Å². The Balaban J connectivity index is 1.98. The fraction of sp³-hybridized carbons (Fsp3) is 0.333. The van der Waals surface area contributed by atoms with Crippen molar-refractivity contribution in [2.45, 2.75) is 16.4 Å². The van der Waals surface area contributed by atoms with Gasteiger partial charge in [0.2, 0.25) is 0 Å². The lowest BCUT2D eigenvalue weighted by molar-refractivity contribution is -0.384. The van der Waals surface area contributed by atoms with Gasteiger partial charge in [-0.25, -0.2) is 4.79 Å². The minimum Gasteiger partial charge on any atom is -0.481 e. The maximum Gasteiger partial charge on any atom is 0.361 e. The number of rotatable bonds is 9. The summed E-state index contributed by atoms with van der Waals surface area (Å²) >= 11 is 1.90. The predicted molar refractivity (Wildman–Crippen MR) is 114 cm³/mol. The Hall–Kier alpha value is -2.89. The van der Waals surface area contributed by atoms with Crippen LogP contribution in [0.1, 0.15) is 12.0 Å². The van der Waals surface area contributed by atoms with Gasteiger partial charge in [0.05, 0.1) is 27.8 Å². The second-order valence-corrected chi connectivity index (χ2v) is 7.46. The number of nitro groups is 1. The molecule has 0 fully saturated rings. The van der Waals surface area contributed by atoms with Crippen LogP contribution in [0.15, 0.2) is 40.1 Å². The first-order valence-corrected chi connectivity index (χ1v) is 9.84. The molecule has 11 nitrogen and oxygen atoms in total. The van der Waals surface area contributed by atoms with Crippen LogP contribution >= 0.6 is 22.6 Å². The molecule has 0 saturated heterocycles. The molecular weight excluding hydrogens is 513 g/mol. The normalized spacial score (nSPS) is 12.4. The molecule has 12 heteroatoms. The lowest BCUT2D eigenvalue weighted by atomic mass is 10.2. The van der Waals surface area contributed by atoms with Gasteiger partial charge in [0.15, 0.2) is 0 Å². The molecule has 30 heavy (non-hydrogen) atoms. The molecule has 2 unspecified atom stereocenters. The van der Waals surface area contributed by atoms with Gasteiger partial charge in [-0.1, -0.05) is 34.4 Å². The number of halogens is 1. The second kappa shape index (κ2) is 11.3. The number of non-ortho nitro benzene ring substituents is 1. The predicted octanol–water partition coefficient (Wildman–Crippen LogP) is -0.149. The Morgan fingerprint density at radius 2 is 2.00 bits per heavy atom. The summed E-state index contributed by atoms with van der Waals surface area (Å²) < 4.78 is 5.76. The number of aromatic amines is 1. The van der Waals surface area contributed by atoms with Gasteiger partial charge in [0, 0.05) is 18.6 Å². The lowest BCUT2D eigenvalue weighted by Gasteiger charge is -2.15. The van der Waals surface area contributed by atoms with Crippen molar-refractivity contribution in [3.63, 3.8) is 0 Å². The molecule has 0 aliphatic heterocycles. The van der Waals surface area contributed by atoms with E-state index in [0.29, 0.717) is 5.75 Å². The summed E-state index contributed by atoms with van der Waals surface area (Å²) in [6, 6.07) is 5.43. The molecular formula is C18H18IN3O8. The smallest absolute Gasteiger partial charge is 0.361 e. The summed E-state index contributed by atoms with van der Waals surface area (Å²) in [5.74, 6) is 5.53. The van der Waals surface area contributed by atoms with Crippen LogP contribution < -0.4 is 20.8 Å². The first-order valence-electron chi connectivity index (χ1n) is 8.60. The van der Waals surface area contributed by atoms with Gasteiger partial charge in [-0.3, -0.25) is 19.9 Å². The van der Waals surface area contributed by atoms with Gasteiger partial charge in [-0.15, -0.1) is 4.73 Å². The van der Waals surface area contributed by atoms with Crippen LogP contribution in [0, 0.1) is 22.0 Å². The average Bonchev–Trinajstić information content (AvgIpc) is 2.73. The van der Waals surface area contributed by atoms with Crippen LogP contribution in [0.2, 0.25) is 0 Å². The number of alkyl halides is 1. The maximum absolute atomic E-state index is 11.9. The largest absolute Gasteiger partial charge is 0.481 e. The van der Waals surface area contributed by atoms with Gasteiger partial charge in [-0.05, 0) is 12.1 Å². The number of nitrogens with zero attached hydrogens (tertiary/aromatic N) is 2. The third kappa shape index (κ3) is 6.87. The molecule has 1 aromatic carbocycles. The fourth-order valence-electron chi connectivity index (χ4n) is 2.13. The monoisotopic (exact) mass is 531 g/mol. The molecule has 0 bridgehead atoms. The highest BCUT2D eigenvalue weighted by molar-refractivity contribution is 14.1. The molecule has 0 radical (unpaired) electrons. The average molecular weight is 531 g/mol.